The highest BCUT2D eigenvalue weighted by Crippen LogP contribution is 2.24. The Kier molecular flexibility index (Phi) is 3.47. The van der Waals surface area contributed by atoms with E-state index in [1.54, 1.807) is 12.1 Å². The van der Waals surface area contributed by atoms with Crippen molar-refractivity contribution in [3.05, 3.63) is 24.3 Å². The standard InChI is InChI=1S/C13H19N3O2S/c17-19(18,15-11-4-5-11)13-3-1-2-12(10-13)16-8-6-14-7-9-16/h1-3,10-11,14-15H,4-9H2. The number of nitrogens with one attached hydrogen (secondary N) is 2. The molecule has 1 aromatic carbocycles. The lowest BCUT2D eigenvalue weighted by Crippen LogP contribution is -2.43. The van der Waals surface area contributed by atoms with Gasteiger partial charge >= 0.3 is 0 Å². The van der Waals surface area contributed by atoms with Crippen molar-refractivity contribution in [3.63, 3.8) is 0 Å². The summed E-state index contributed by atoms with van der Waals surface area (Å²) in [6, 6.07) is 7.38. The number of hydrogen-bond acceptors (Lipinski definition) is 4. The highest BCUT2D eigenvalue weighted by Gasteiger charge is 2.28. The maximum absolute atomic E-state index is 12.2. The van der Waals surface area contributed by atoms with Gasteiger partial charge in [0.25, 0.3) is 0 Å². The van der Waals surface area contributed by atoms with Crippen LogP contribution >= 0.6 is 0 Å². The van der Waals surface area contributed by atoms with Gasteiger partial charge in [-0.1, -0.05) is 6.07 Å². The monoisotopic (exact) mass is 281 g/mol. The van der Waals surface area contributed by atoms with Crippen LogP contribution in [0.3, 0.4) is 0 Å². The van der Waals surface area contributed by atoms with Gasteiger partial charge in [0, 0.05) is 37.9 Å². The zero-order valence-corrected chi connectivity index (χ0v) is 11.6. The van der Waals surface area contributed by atoms with E-state index in [0.717, 1.165) is 44.7 Å². The molecule has 104 valence electrons. The number of nitrogens with zero attached hydrogens (tertiary/aromatic N) is 1. The molecule has 0 amide bonds. The van der Waals surface area contributed by atoms with Crippen LogP contribution < -0.4 is 14.9 Å². The molecule has 1 saturated carbocycles. The fourth-order valence-corrected chi connectivity index (χ4v) is 3.60. The molecule has 0 spiro atoms. The van der Waals surface area contributed by atoms with Crippen LogP contribution in [-0.4, -0.2) is 40.6 Å². The van der Waals surface area contributed by atoms with Gasteiger partial charge in [-0.3, -0.25) is 0 Å². The minimum absolute atomic E-state index is 0.146. The van der Waals surface area contributed by atoms with Crippen LogP contribution in [0.15, 0.2) is 29.2 Å². The summed E-state index contributed by atoms with van der Waals surface area (Å²) in [7, 11) is -3.35. The van der Waals surface area contributed by atoms with Crippen molar-refractivity contribution < 1.29 is 8.42 Å². The van der Waals surface area contributed by atoms with Crippen LogP contribution in [0.1, 0.15) is 12.8 Å². The van der Waals surface area contributed by atoms with Crippen LogP contribution in [-0.2, 0) is 10.0 Å². The van der Waals surface area contributed by atoms with E-state index >= 15 is 0 Å². The zero-order valence-electron chi connectivity index (χ0n) is 10.8. The first-order valence-electron chi connectivity index (χ1n) is 6.73. The summed E-state index contributed by atoms with van der Waals surface area (Å²) in [4.78, 5) is 2.59. The van der Waals surface area contributed by atoms with Gasteiger partial charge in [0.1, 0.15) is 0 Å². The average molecular weight is 281 g/mol. The van der Waals surface area contributed by atoms with Crippen molar-refractivity contribution in [2.75, 3.05) is 31.1 Å². The topological polar surface area (TPSA) is 61.4 Å². The second kappa shape index (κ2) is 5.11. The summed E-state index contributed by atoms with van der Waals surface area (Å²) < 4.78 is 27.1. The summed E-state index contributed by atoms with van der Waals surface area (Å²) in [6.45, 7) is 3.72. The van der Waals surface area contributed by atoms with Crippen molar-refractivity contribution in [2.45, 2.75) is 23.8 Å². The molecule has 0 bridgehead atoms. The van der Waals surface area contributed by atoms with Crippen LogP contribution in [0.2, 0.25) is 0 Å². The summed E-state index contributed by atoms with van der Waals surface area (Å²) in [5, 5.41) is 3.29. The molecule has 0 atom stereocenters. The third-order valence-corrected chi connectivity index (χ3v) is 5.03. The Labute approximate surface area is 114 Å². The molecule has 19 heavy (non-hydrogen) atoms. The lowest BCUT2D eigenvalue weighted by molar-refractivity contribution is 0.579. The van der Waals surface area contributed by atoms with Crippen LogP contribution in [0, 0.1) is 0 Å². The number of benzene rings is 1. The molecule has 5 nitrogen and oxygen atoms in total. The Morgan fingerprint density at radius 3 is 2.63 bits per heavy atom. The number of hydrogen-bond donors (Lipinski definition) is 2. The minimum Gasteiger partial charge on any atom is -0.369 e. The fraction of sp³-hybridized carbons (Fsp3) is 0.538. The van der Waals surface area contributed by atoms with Gasteiger partial charge in [0.05, 0.1) is 4.90 Å². The molecular formula is C13H19N3O2S. The van der Waals surface area contributed by atoms with Crippen molar-refractivity contribution in [2.24, 2.45) is 0 Å². The molecule has 1 aromatic rings. The summed E-state index contributed by atoms with van der Waals surface area (Å²) in [6.07, 6.45) is 1.91. The molecule has 1 aliphatic heterocycles. The molecule has 1 saturated heterocycles. The van der Waals surface area contributed by atoms with Gasteiger partial charge < -0.3 is 10.2 Å². The normalized spacial score (nSPS) is 20.5. The SMILES string of the molecule is O=S(=O)(NC1CC1)c1cccc(N2CCNCC2)c1. The second-order valence-corrected chi connectivity index (χ2v) is 6.84. The van der Waals surface area contributed by atoms with Gasteiger partial charge in [-0.15, -0.1) is 0 Å². The van der Waals surface area contributed by atoms with Crippen LogP contribution in [0.5, 0.6) is 0 Å². The average Bonchev–Trinajstić information content (AvgIpc) is 3.23. The predicted octanol–water partition coefficient (Wildman–Crippen LogP) is 0.537. The predicted molar refractivity (Wildman–Crippen MR) is 74.9 cm³/mol. The van der Waals surface area contributed by atoms with Crippen molar-refractivity contribution >= 4 is 15.7 Å². The summed E-state index contributed by atoms with van der Waals surface area (Å²) >= 11 is 0. The van der Waals surface area contributed by atoms with Crippen LogP contribution in [0.25, 0.3) is 0 Å². The van der Waals surface area contributed by atoms with E-state index in [9.17, 15) is 8.42 Å². The Morgan fingerprint density at radius 1 is 1.21 bits per heavy atom. The van der Waals surface area contributed by atoms with Gasteiger partial charge in [-0.25, -0.2) is 13.1 Å². The molecule has 2 N–H and O–H groups in total. The Balaban J connectivity index is 1.82. The lowest BCUT2D eigenvalue weighted by Gasteiger charge is -2.29. The number of sulfonamides is 1. The maximum Gasteiger partial charge on any atom is 0.240 e. The molecule has 1 heterocycles. The van der Waals surface area contributed by atoms with Gasteiger partial charge in [-0.2, -0.15) is 0 Å². The van der Waals surface area contributed by atoms with Crippen molar-refractivity contribution in [1.82, 2.24) is 10.0 Å². The van der Waals surface area contributed by atoms with Crippen LogP contribution in [0.4, 0.5) is 5.69 Å². The van der Waals surface area contributed by atoms with E-state index in [0.29, 0.717) is 4.90 Å². The van der Waals surface area contributed by atoms with Crippen molar-refractivity contribution in [3.8, 4) is 0 Å². The molecular weight excluding hydrogens is 262 g/mol. The zero-order chi connectivity index (χ0) is 13.3. The lowest BCUT2D eigenvalue weighted by atomic mass is 10.2. The van der Waals surface area contributed by atoms with E-state index < -0.39 is 10.0 Å². The molecule has 2 fully saturated rings. The summed E-state index contributed by atoms with van der Waals surface area (Å²) in [5.74, 6) is 0. The molecule has 0 aromatic heterocycles. The second-order valence-electron chi connectivity index (χ2n) is 5.13. The molecule has 1 aliphatic carbocycles. The van der Waals surface area contributed by atoms with E-state index in [4.69, 9.17) is 0 Å². The van der Waals surface area contributed by atoms with E-state index in [2.05, 4.69) is 14.9 Å². The van der Waals surface area contributed by atoms with Crippen molar-refractivity contribution in [1.29, 1.82) is 0 Å². The van der Waals surface area contributed by atoms with E-state index in [1.807, 2.05) is 12.1 Å². The molecule has 6 heteroatoms. The molecule has 0 unspecified atom stereocenters. The third kappa shape index (κ3) is 3.08. The quantitative estimate of drug-likeness (QED) is 0.845. The Bertz CT molecular complexity index is 549. The Morgan fingerprint density at radius 2 is 1.95 bits per heavy atom. The Hall–Kier alpha value is -1.11. The smallest absolute Gasteiger partial charge is 0.240 e. The van der Waals surface area contributed by atoms with E-state index in [1.165, 1.54) is 0 Å². The van der Waals surface area contributed by atoms with Gasteiger partial charge in [0.15, 0.2) is 0 Å². The first-order chi connectivity index (χ1) is 9.15. The molecule has 3 rings (SSSR count). The largest absolute Gasteiger partial charge is 0.369 e. The maximum atomic E-state index is 12.2. The third-order valence-electron chi connectivity index (χ3n) is 3.51. The minimum atomic E-state index is -3.35. The van der Waals surface area contributed by atoms with Gasteiger partial charge in [-0.05, 0) is 31.0 Å². The van der Waals surface area contributed by atoms with Gasteiger partial charge in [0.2, 0.25) is 10.0 Å². The fourth-order valence-electron chi connectivity index (χ4n) is 2.26. The molecule has 0 radical (unpaired) electrons. The summed E-state index contributed by atoms with van der Waals surface area (Å²) in [5.41, 5.74) is 0.986. The molecule has 2 aliphatic rings. The number of piperazine rings is 1. The first-order valence-corrected chi connectivity index (χ1v) is 8.21. The van der Waals surface area contributed by atoms with E-state index in [-0.39, 0.29) is 6.04 Å². The highest BCUT2D eigenvalue weighted by atomic mass is 32.2. The highest BCUT2D eigenvalue weighted by molar-refractivity contribution is 7.89. The number of rotatable bonds is 4. The number of anilines is 1. The first kappa shape index (κ1) is 12.9.